The van der Waals surface area contributed by atoms with Gasteiger partial charge in [0, 0.05) is 31.9 Å². The summed E-state index contributed by atoms with van der Waals surface area (Å²) in [6.07, 6.45) is 2.89. The smallest absolute Gasteiger partial charge is 0.322 e. The predicted octanol–water partition coefficient (Wildman–Crippen LogP) is 3.43. The monoisotopic (exact) mass is 455 g/mol. The number of piperidine rings is 1. The minimum Gasteiger partial charge on any atom is -0.389 e. The molecular weight excluding hydrogens is 425 g/mol. The van der Waals surface area contributed by atoms with Gasteiger partial charge < -0.3 is 25.5 Å². The van der Waals surface area contributed by atoms with E-state index in [9.17, 15) is 19.1 Å². The van der Waals surface area contributed by atoms with Crippen molar-refractivity contribution in [2.24, 2.45) is 0 Å². The van der Waals surface area contributed by atoms with Crippen molar-refractivity contribution in [2.45, 2.75) is 51.3 Å². The van der Waals surface area contributed by atoms with Crippen LogP contribution in [0.5, 0.6) is 0 Å². The second kappa shape index (κ2) is 9.35. The van der Waals surface area contributed by atoms with Crippen LogP contribution < -0.4 is 10.6 Å². The first-order valence-electron chi connectivity index (χ1n) is 11.2. The predicted molar refractivity (Wildman–Crippen MR) is 122 cm³/mol. The number of hydrogen-bond donors (Lipinski definition) is 3. The first kappa shape index (κ1) is 23.0. The van der Waals surface area contributed by atoms with Gasteiger partial charge in [-0.05, 0) is 61.9 Å². The van der Waals surface area contributed by atoms with E-state index in [1.807, 2.05) is 24.3 Å². The molecule has 1 aromatic carbocycles. The SMILES string of the molecule is CC(C)(O)CNC(=O)N1CCC(c2ccc(NC(=O)N3Cc4cc(F)cnc4C3)cc2)CC1. The Kier molecular flexibility index (Phi) is 6.51. The minimum absolute atomic E-state index is 0.143. The number of carbonyl (C=O) groups excluding carboxylic acids is 2. The van der Waals surface area contributed by atoms with Crippen LogP contribution >= 0.6 is 0 Å². The van der Waals surface area contributed by atoms with Gasteiger partial charge in [-0.25, -0.2) is 14.0 Å². The van der Waals surface area contributed by atoms with Crippen molar-refractivity contribution in [3.05, 3.63) is 59.2 Å². The van der Waals surface area contributed by atoms with Crippen molar-refractivity contribution in [2.75, 3.05) is 25.0 Å². The van der Waals surface area contributed by atoms with Gasteiger partial charge in [0.2, 0.25) is 0 Å². The molecule has 4 amide bonds. The fourth-order valence-electron chi connectivity index (χ4n) is 4.24. The van der Waals surface area contributed by atoms with Crippen LogP contribution in [-0.2, 0) is 13.1 Å². The van der Waals surface area contributed by atoms with Crippen molar-refractivity contribution < 1.29 is 19.1 Å². The lowest BCUT2D eigenvalue weighted by Gasteiger charge is -2.33. The molecule has 176 valence electrons. The zero-order chi connectivity index (χ0) is 23.6. The molecule has 1 aromatic heterocycles. The highest BCUT2D eigenvalue weighted by Crippen LogP contribution is 2.29. The lowest BCUT2D eigenvalue weighted by atomic mass is 9.89. The van der Waals surface area contributed by atoms with Crippen LogP contribution in [0.4, 0.5) is 19.7 Å². The molecule has 0 atom stereocenters. The molecule has 33 heavy (non-hydrogen) atoms. The lowest BCUT2D eigenvalue weighted by Crippen LogP contribution is -2.48. The third-order valence-electron chi connectivity index (χ3n) is 6.10. The molecule has 3 heterocycles. The molecule has 0 aliphatic carbocycles. The molecule has 1 saturated heterocycles. The molecule has 8 nitrogen and oxygen atoms in total. The number of anilines is 1. The minimum atomic E-state index is -0.932. The molecule has 1 fully saturated rings. The topological polar surface area (TPSA) is 97.8 Å². The summed E-state index contributed by atoms with van der Waals surface area (Å²) in [5.41, 5.74) is 2.40. The number of nitrogens with zero attached hydrogens (tertiary/aromatic N) is 3. The molecule has 2 aliphatic heterocycles. The number of urea groups is 2. The van der Waals surface area contributed by atoms with Gasteiger partial charge in [0.15, 0.2) is 0 Å². The largest absolute Gasteiger partial charge is 0.389 e. The number of likely N-dealkylation sites (tertiary alicyclic amines) is 1. The van der Waals surface area contributed by atoms with E-state index in [4.69, 9.17) is 0 Å². The van der Waals surface area contributed by atoms with Crippen LogP contribution in [0.2, 0.25) is 0 Å². The number of hydrogen-bond acceptors (Lipinski definition) is 4. The molecule has 0 bridgehead atoms. The molecule has 9 heteroatoms. The Morgan fingerprint density at radius 1 is 1.12 bits per heavy atom. The van der Waals surface area contributed by atoms with E-state index in [1.165, 1.54) is 17.8 Å². The normalized spacial score (nSPS) is 16.5. The van der Waals surface area contributed by atoms with E-state index in [2.05, 4.69) is 15.6 Å². The molecule has 0 saturated carbocycles. The molecule has 3 N–H and O–H groups in total. The summed E-state index contributed by atoms with van der Waals surface area (Å²) in [5.74, 6) is -0.0469. The Hall–Kier alpha value is -3.20. The summed E-state index contributed by atoms with van der Waals surface area (Å²) in [5, 5.41) is 15.4. The quantitative estimate of drug-likeness (QED) is 0.658. The van der Waals surface area contributed by atoms with E-state index >= 15 is 0 Å². The zero-order valence-corrected chi connectivity index (χ0v) is 19.0. The van der Waals surface area contributed by atoms with E-state index in [0.717, 1.165) is 24.1 Å². The Balaban J connectivity index is 1.26. The van der Waals surface area contributed by atoms with Crippen molar-refractivity contribution in [1.29, 1.82) is 0 Å². The van der Waals surface area contributed by atoms with Crippen LogP contribution in [-0.4, -0.2) is 57.2 Å². The molecule has 0 unspecified atom stereocenters. The van der Waals surface area contributed by atoms with E-state index in [-0.39, 0.29) is 18.6 Å². The van der Waals surface area contributed by atoms with Gasteiger partial charge in [0.05, 0.1) is 24.0 Å². The van der Waals surface area contributed by atoms with Crippen molar-refractivity contribution in [1.82, 2.24) is 20.1 Å². The van der Waals surface area contributed by atoms with Crippen LogP contribution in [0.3, 0.4) is 0 Å². The fourth-order valence-corrected chi connectivity index (χ4v) is 4.24. The second-order valence-corrected chi connectivity index (χ2v) is 9.40. The van der Waals surface area contributed by atoms with Gasteiger partial charge >= 0.3 is 12.1 Å². The number of pyridine rings is 1. The number of halogens is 1. The maximum atomic E-state index is 13.4. The first-order chi connectivity index (χ1) is 15.7. The molecule has 4 rings (SSSR count). The number of fused-ring (bicyclic) bond motifs is 1. The second-order valence-electron chi connectivity index (χ2n) is 9.40. The van der Waals surface area contributed by atoms with Crippen molar-refractivity contribution in [3.8, 4) is 0 Å². The molecule has 0 spiro atoms. The number of aromatic nitrogens is 1. The molecular formula is C24H30FN5O3. The number of aliphatic hydroxyl groups is 1. The Morgan fingerprint density at radius 2 is 1.82 bits per heavy atom. The number of nitrogens with one attached hydrogen (secondary N) is 2. The molecule has 2 aromatic rings. The van der Waals surface area contributed by atoms with Crippen LogP contribution in [0.15, 0.2) is 36.5 Å². The first-order valence-corrected chi connectivity index (χ1v) is 11.2. The highest BCUT2D eigenvalue weighted by molar-refractivity contribution is 5.89. The van der Waals surface area contributed by atoms with Gasteiger partial charge in [0.1, 0.15) is 5.82 Å². The standard InChI is InChI=1S/C24H30FN5O3/c1-24(2,33)15-27-22(31)29-9-7-17(8-10-29)16-3-5-20(6-4-16)28-23(32)30-13-18-11-19(25)12-26-21(18)14-30/h3-6,11-12,17,33H,7-10,13-15H2,1-2H3,(H,27,31)(H,28,32). The summed E-state index contributed by atoms with van der Waals surface area (Å²) in [4.78, 5) is 32.3. The highest BCUT2D eigenvalue weighted by atomic mass is 19.1. The molecule has 0 radical (unpaired) electrons. The van der Waals surface area contributed by atoms with Crippen LogP contribution in [0.1, 0.15) is 49.4 Å². The maximum absolute atomic E-state index is 13.4. The Morgan fingerprint density at radius 3 is 2.48 bits per heavy atom. The van der Waals surface area contributed by atoms with Gasteiger partial charge in [-0.1, -0.05) is 12.1 Å². The highest BCUT2D eigenvalue weighted by Gasteiger charge is 2.26. The molecule has 2 aliphatic rings. The van der Waals surface area contributed by atoms with Crippen molar-refractivity contribution >= 4 is 17.7 Å². The Bertz CT molecular complexity index is 1010. The van der Waals surface area contributed by atoms with Gasteiger partial charge in [-0.15, -0.1) is 0 Å². The Labute approximate surface area is 192 Å². The summed E-state index contributed by atoms with van der Waals surface area (Å²) < 4.78 is 13.4. The zero-order valence-electron chi connectivity index (χ0n) is 19.0. The van der Waals surface area contributed by atoms with E-state index in [1.54, 1.807) is 23.6 Å². The average Bonchev–Trinajstić information content (AvgIpc) is 3.21. The van der Waals surface area contributed by atoms with Crippen molar-refractivity contribution in [3.63, 3.8) is 0 Å². The lowest BCUT2D eigenvalue weighted by molar-refractivity contribution is 0.0788. The number of amides is 4. The number of rotatable bonds is 4. The summed E-state index contributed by atoms with van der Waals surface area (Å²) in [6.45, 7) is 5.56. The van der Waals surface area contributed by atoms with Gasteiger partial charge in [0.25, 0.3) is 0 Å². The van der Waals surface area contributed by atoms with Gasteiger partial charge in [-0.3, -0.25) is 4.98 Å². The summed E-state index contributed by atoms with van der Waals surface area (Å²) >= 11 is 0. The maximum Gasteiger partial charge on any atom is 0.322 e. The fraction of sp³-hybridized carbons (Fsp3) is 0.458. The van der Waals surface area contributed by atoms with E-state index in [0.29, 0.717) is 37.8 Å². The third-order valence-corrected chi connectivity index (χ3v) is 6.10. The number of carbonyl (C=O) groups is 2. The van der Waals surface area contributed by atoms with Crippen LogP contribution in [0.25, 0.3) is 0 Å². The van der Waals surface area contributed by atoms with Gasteiger partial charge in [-0.2, -0.15) is 0 Å². The summed E-state index contributed by atoms with van der Waals surface area (Å²) in [6, 6.07) is 8.84. The summed E-state index contributed by atoms with van der Waals surface area (Å²) in [7, 11) is 0. The number of benzene rings is 1. The average molecular weight is 456 g/mol. The van der Waals surface area contributed by atoms with E-state index < -0.39 is 11.4 Å². The van der Waals surface area contributed by atoms with Crippen LogP contribution in [0, 0.1) is 5.82 Å². The third kappa shape index (κ3) is 5.78.